The predicted molar refractivity (Wildman–Crippen MR) is 84.8 cm³/mol. The Morgan fingerprint density at radius 1 is 1.43 bits per heavy atom. The quantitative estimate of drug-likeness (QED) is 0.753. The number of carbonyl (C=O) groups excluding carboxylic acids is 1. The van der Waals surface area contributed by atoms with E-state index in [0.29, 0.717) is 16.4 Å². The molecule has 8 nitrogen and oxygen atoms in total. The summed E-state index contributed by atoms with van der Waals surface area (Å²) in [5, 5.41) is 13.3. The molecule has 0 aliphatic carbocycles. The maximum Gasteiger partial charge on any atom is 0.347 e. The molecule has 2 N–H and O–H groups in total. The van der Waals surface area contributed by atoms with Crippen LogP contribution in [0.15, 0.2) is 41.7 Å². The summed E-state index contributed by atoms with van der Waals surface area (Å²) in [5.41, 5.74) is 1.66. The largest absolute Gasteiger partial charge is 0.347 e. The van der Waals surface area contributed by atoms with Crippen molar-refractivity contribution in [3.8, 4) is 5.69 Å². The third kappa shape index (κ3) is 3.16. The first kappa shape index (κ1) is 15.0. The molecule has 0 fully saturated rings. The van der Waals surface area contributed by atoms with Crippen LogP contribution in [0.3, 0.4) is 0 Å². The van der Waals surface area contributed by atoms with Gasteiger partial charge in [-0.1, -0.05) is 17.7 Å². The van der Waals surface area contributed by atoms with Crippen molar-refractivity contribution in [3.63, 3.8) is 0 Å². The standard InChI is InChI=1S/C14H13ClN6O2/c1-9-11(18-13(22)7-20-6-10(15)5-17-20)3-2-4-12(9)21-8-16-19-14(21)23/h2-6,8H,7H2,1H3,(H,18,22)(H,19,23). The first-order valence-electron chi connectivity index (χ1n) is 6.74. The molecule has 0 saturated carbocycles. The Kier molecular flexibility index (Phi) is 3.98. The van der Waals surface area contributed by atoms with E-state index >= 15 is 0 Å². The molecule has 0 aliphatic heterocycles. The molecule has 0 bridgehead atoms. The number of nitrogens with zero attached hydrogens (tertiary/aromatic N) is 4. The van der Waals surface area contributed by atoms with E-state index in [4.69, 9.17) is 11.6 Å². The van der Waals surface area contributed by atoms with Crippen molar-refractivity contribution in [1.29, 1.82) is 0 Å². The molecule has 3 rings (SSSR count). The highest BCUT2D eigenvalue weighted by atomic mass is 35.5. The zero-order valence-corrected chi connectivity index (χ0v) is 12.9. The van der Waals surface area contributed by atoms with Crippen LogP contribution in [0.1, 0.15) is 5.56 Å². The van der Waals surface area contributed by atoms with Gasteiger partial charge in [0.1, 0.15) is 12.9 Å². The lowest BCUT2D eigenvalue weighted by molar-refractivity contribution is -0.116. The van der Waals surface area contributed by atoms with Gasteiger partial charge >= 0.3 is 5.69 Å². The number of hydrogen-bond acceptors (Lipinski definition) is 4. The molecule has 9 heteroatoms. The molecule has 2 aromatic heterocycles. The molecule has 0 spiro atoms. The molecule has 0 unspecified atom stereocenters. The molecule has 1 amide bonds. The first-order valence-corrected chi connectivity index (χ1v) is 7.12. The van der Waals surface area contributed by atoms with Crippen LogP contribution in [0.25, 0.3) is 5.69 Å². The van der Waals surface area contributed by atoms with E-state index < -0.39 is 0 Å². The van der Waals surface area contributed by atoms with Gasteiger partial charge in [0.25, 0.3) is 0 Å². The lowest BCUT2D eigenvalue weighted by atomic mass is 10.1. The number of aromatic nitrogens is 5. The van der Waals surface area contributed by atoms with Crippen molar-refractivity contribution in [2.75, 3.05) is 5.32 Å². The van der Waals surface area contributed by atoms with Gasteiger partial charge in [-0.3, -0.25) is 9.48 Å². The van der Waals surface area contributed by atoms with Crippen molar-refractivity contribution in [3.05, 3.63) is 58.0 Å². The fourth-order valence-corrected chi connectivity index (χ4v) is 2.36. The Hall–Kier alpha value is -2.87. The number of aromatic amines is 1. The van der Waals surface area contributed by atoms with E-state index in [9.17, 15) is 9.59 Å². The van der Waals surface area contributed by atoms with Crippen LogP contribution in [0, 0.1) is 6.92 Å². The van der Waals surface area contributed by atoms with E-state index in [1.54, 1.807) is 24.4 Å². The van der Waals surface area contributed by atoms with Crippen molar-refractivity contribution in [2.45, 2.75) is 13.5 Å². The van der Waals surface area contributed by atoms with E-state index in [2.05, 4.69) is 20.6 Å². The Balaban J connectivity index is 1.82. The van der Waals surface area contributed by atoms with Crippen LogP contribution in [0.5, 0.6) is 0 Å². The molecule has 3 aromatic rings. The smallest absolute Gasteiger partial charge is 0.324 e. The van der Waals surface area contributed by atoms with Crippen LogP contribution in [0.2, 0.25) is 5.02 Å². The zero-order valence-electron chi connectivity index (χ0n) is 12.2. The second-order valence-corrected chi connectivity index (χ2v) is 5.32. The van der Waals surface area contributed by atoms with E-state index in [1.807, 2.05) is 6.92 Å². The molecule has 1 aromatic carbocycles. The number of halogens is 1. The summed E-state index contributed by atoms with van der Waals surface area (Å²) in [6.07, 6.45) is 4.42. The molecular weight excluding hydrogens is 320 g/mol. The fourth-order valence-electron chi connectivity index (χ4n) is 2.20. The number of benzene rings is 1. The predicted octanol–water partition coefficient (Wildman–Crippen LogP) is 1.36. The molecule has 0 radical (unpaired) electrons. The van der Waals surface area contributed by atoms with Crippen LogP contribution in [-0.4, -0.2) is 30.5 Å². The zero-order chi connectivity index (χ0) is 16.4. The maximum atomic E-state index is 12.1. The molecule has 2 heterocycles. The van der Waals surface area contributed by atoms with Gasteiger partial charge in [0.05, 0.1) is 16.9 Å². The van der Waals surface area contributed by atoms with Gasteiger partial charge in [0.15, 0.2) is 0 Å². The summed E-state index contributed by atoms with van der Waals surface area (Å²) in [5.74, 6) is -0.246. The average Bonchev–Trinajstić information content (AvgIpc) is 3.10. The van der Waals surface area contributed by atoms with Crippen molar-refractivity contribution in [2.24, 2.45) is 0 Å². The third-order valence-corrected chi connectivity index (χ3v) is 3.49. The second kappa shape index (κ2) is 6.09. The number of nitrogens with one attached hydrogen (secondary N) is 2. The number of amides is 1. The lowest BCUT2D eigenvalue weighted by Gasteiger charge is -2.12. The number of anilines is 1. The first-order chi connectivity index (χ1) is 11.0. The summed E-state index contributed by atoms with van der Waals surface area (Å²) in [4.78, 5) is 23.8. The minimum Gasteiger partial charge on any atom is -0.324 e. The number of hydrogen-bond donors (Lipinski definition) is 2. The minimum atomic E-state index is -0.345. The Bertz CT molecular complexity index is 910. The summed E-state index contributed by atoms with van der Waals surface area (Å²) in [6.45, 7) is 1.86. The second-order valence-electron chi connectivity index (χ2n) is 4.89. The molecule has 0 atom stereocenters. The highest BCUT2D eigenvalue weighted by molar-refractivity contribution is 6.30. The van der Waals surface area contributed by atoms with E-state index in [1.165, 1.54) is 21.8 Å². The summed E-state index contributed by atoms with van der Waals surface area (Å²) >= 11 is 5.77. The third-order valence-electron chi connectivity index (χ3n) is 3.30. The van der Waals surface area contributed by atoms with Gasteiger partial charge in [-0.2, -0.15) is 10.2 Å². The van der Waals surface area contributed by atoms with Crippen LogP contribution in [0.4, 0.5) is 5.69 Å². The fraction of sp³-hybridized carbons (Fsp3) is 0.143. The monoisotopic (exact) mass is 332 g/mol. The summed E-state index contributed by atoms with van der Waals surface area (Å²) < 4.78 is 2.82. The molecule has 118 valence electrons. The molecular formula is C14H13ClN6O2. The summed E-state index contributed by atoms with van der Waals surface area (Å²) in [6, 6.07) is 5.29. The highest BCUT2D eigenvalue weighted by Gasteiger charge is 2.11. The van der Waals surface area contributed by atoms with Gasteiger partial charge in [-0.15, -0.1) is 0 Å². The van der Waals surface area contributed by atoms with Crippen LogP contribution >= 0.6 is 11.6 Å². The number of rotatable bonds is 4. The highest BCUT2D eigenvalue weighted by Crippen LogP contribution is 2.21. The topological polar surface area (TPSA) is 97.6 Å². The Labute approximate surface area is 135 Å². The Morgan fingerprint density at radius 2 is 2.26 bits per heavy atom. The molecule has 0 aliphatic rings. The number of carbonyl (C=O) groups is 1. The SMILES string of the molecule is Cc1c(NC(=O)Cn2cc(Cl)cn2)cccc1-n1cn[nH]c1=O. The van der Waals surface area contributed by atoms with Gasteiger partial charge < -0.3 is 5.32 Å². The van der Waals surface area contributed by atoms with Crippen molar-refractivity contribution < 1.29 is 4.79 Å². The van der Waals surface area contributed by atoms with Gasteiger partial charge in [0.2, 0.25) is 5.91 Å². The van der Waals surface area contributed by atoms with E-state index in [0.717, 1.165) is 5.56 Å². The van der Waals surface area contributed by atoms with Crippen molar-refractivity contribution in [1.82, 2.24) is 24.5 Å². The number of H-pyrrole nitrogens is 1. The van der Waals surface area contributed by atoms with Crippen molar-refractivity contribution >= 4 is 23.2 Å². The van der Waals surface area contributed by atoms with E-state index in [-0.39, 0.29) is 18.1 Å². The minimum absolute atomic E-state index is 0.0437. The lowest BCUT2D eigenvalue weighted by Crippen LogP contribution is -2.20. The normalized spacial score (nSPS) is 10.7. The average molecular weight is 333 g/mol. The summed E-state index contributed by atoms with van der Waals surface area (Å²) in [7, 11) is 0. The van der Waals surface area contributed by atoms with Gasteiger partial charge in [0, 0.05) is 11.9 Å². The Morgan fingerprint density at radius 3 is 2.91 bits per heavy atom. The van der Waals surface area contributed by atoms with Gasteiger partial charge in [-0.05, 0) is 24.6 Å². The molecule has 0 saturated heterocycles. The van der Waals surface area contributed by atoms with Gasteiger partial charge in [-0.25, -0.2) is 14.5 Å². The molecule has 23 heavy (non-hydrogen) atoms. The van der Waals surface area contributed by atoms with Crippen LogP contribution < -0.4 is 11.0 Å². The van der Waals surface area contributed by atoms with Crippen LogP contribution in [-0.2, 0) is 11.3 Å². The maximum absolute atomic E-state index is 12.1.